The minimum absolute atomic E-state index is 0.110. The average molecular weight is 407 g/mol. The largest absolute Gasteiger partial charge is 0.444 e. The molecule has 0 aromatic carbocycles. The number of rotatable bonds is 6. The van der Waals surface area contributed by atoms with Crippen molar-refractivity contribution in [2.24, 2.45) is 0 Å². The fraction of sp³-hybridized carbons (Fsp3) is 0.353. The first kappa shape index (κ1) is 17.5. The van der Waals surface area contributed by atoms with Crippen molar-refractivity contribution in [1.29, 1.82) is 0 Å². The van der Waals surface area contributed by atoms with Gasteiger partial charge in [-0.15, -0.1) is 0 Å². The molecule has 0 unspecified atom stereocenters. The lowest BCUT2D eigenvalue weighted by Gasteiger charge is -2.17. The van der Waals surface area contributed by atoms with Gasteiger partial charge in [-0.3, -0.25) is 9.59 Å². The van der Waals surface area contributed by atoms with Crippen molar-refractivity contribution >= 4 is 33.6 Å². The zero-order valence-electron chi connectivity index (χ0n) is 13.6. The van der Waals surface area contributed by atoms with Gasteiger partial charge in [0.05, 0.1) is 6.54 Å². The summed E-state index contributed by atoms with van der Waals surface area (Å²) in [6, 6.07) is 7.02. The number of amides is 2. The summed E-state index contributed by atoms with van der Waals surface area (Å²) in [5, 5.41) is 5.31. The van der Waals surface area contributed by atoms with Crippen LogP contribution in [-0.4, -0.2) is 36.4 Å². The zero-order chi connectivity index (χ0) is 17.6. The number of furan rings is 1. The summed E-state index contributed by atoms with van der Waals surface area (Å²) in [5.41, 5.74) is 0.978. The van der Waals surface area contributed by atoms with Gasteiger partial charge in [-0.1, -0.05) is 0 Å². The fourth-order valence-corrected chi connectivity index (χ4v) is 2.94. The van der Waals surface area contributed by atoms with Gasteiger partial charge >= 0.3 is 0 Å². The van der Waals surface area contributed by atoms with E-state index in [1.54, 1.807) is 12.3 Å². The summed E-state index contributed by atoms with van der Waals surface area (Å²) in [7, 11) is 0. The Morgan fingerprint density at radius 3 is 2.72 bits per heavy atom. The minimum Gasteiger partial charge on any atom is -0.444 e. The third kappa shape index (κ3) is 4.82. The van der Waals surface area contributed by atoms with Crippen LogP contribution in [0.4, 0.5) is 5.82 Å². The van der Waals surface area contributed by atoms with Gasteiger partial charge in [0.1, 0.15) is 5.82 Å². The highest BCUT2D eigenvalue weighted by Gasteiger charge is 2.14. The number of carbonyl (C=O) groups is 2. The van der Waals surface area contributed by atoms with Crippen molar-refractivity contribution in [1.82, 2.24) is 15.6 Å². The number of hydrogen-bond donors (Lipinski definition) is 2. The summed E-state index contributed by atoms with van der Waals surface area (Å²) >= 11 is 3.13. The Hall–Kier alpha value is -2.35. The molecule has 0 spiro atoms. The van der Waals surface area contributed by atoms with Crippen LogP contribution in [0.5, 0.6) is 0 Å². The highest BCUT2D eigenvalue weighted by atomic mass is 79.9. The van der Waals surface area contributed by atoms with Gasteiger partial charge in [0.15, 0.2) is 10.4 Å². The SMILES string of the molecule is O=C(CNC(=O)c1ccc(Br)o1)NCc1ccnc(N2CCCC2)c1. The van der Waals surface area contributed by atoms with Gasteiger partial charge in [-0.05, 0) is 58.6 Å². The van der Waals surface area contributed by atoms with Crippen molar-refractivity contribution in [3.8, 4) is 0 Å². The van der Waals surface area contributed by atoms with E-state index in [4.69, 9.17) is 4.42 Å². The maximum absolute atomic E-state index is 11.9. The maximum atomic E-state index is 11.9. The molecule has 7 nitrogen and oxygen atoms in total. The first-order valence-corrected chi connectivity index (χ1v) is 8.91. The van der Waals surface area contributed by atoms with Gasteiger partial charge in [-0.2, -0.15) is 0 Å². The fourth-order valence-electron chi connectivity index (χ4n) is 2.64. The molecule has 25 heavy (non-hydrogen) atoms. The molecule has 0 atom stereocenters. The number of hydrogen-bond acceptors (Lipinski definition) is 5. The molecule has 132 valence electrons. The van der Waals surface area contributed by atoms with E-state index in [1.165, 1.54) is 18.9 Å². The van der Waals surface area contributed by atoms with Crippen LogP contribution in [0.15, 0.2) is 39.5 Å². The second-order valence-corrected chi connectivity index (χ2v) is 6.56. The Labute approximate surface area is 153 Å². The predicted molar refractivity (Wildman–Crippen MR) is 96.3 cm³/mol. The second-order valence-electron chi connectivity index (χ2n) is 5.78. The Kier molecular flexibility index (Phi) is 5.70. The molecule has 8 heteroatoms. The lowest BCUT2D eigenvalue weighted by molar-refractivity contribution is -0.120. The highest BCUT2D eigenvalue weighted by Crippen LogP contribution is 2.18. The van der Waals surface area contributed by atoms with Crippen molar-refractivity contribution in [2.75, 3.05) is 24.5 Å². The summed E-state index contributed by atoms with van der Waals surface area (Å²) in [6.45, 7) is 2.33. The normalized spacial score (nSPS) is 13.7. The molecule has 3 heterocycles. The standard InChI is InChI=1S/C17H19BrN4O3/c18-14-4-3-13(25-14)17(24)21-11-16(23)20-10-12-5-6-19-15(9-12)22-7-1-2-8-22/h3-6,9H,1-2,7-8,10-11H2,(H,20,23)(H,21,24). The van der Waals surface area contributed by atoms with Crippen LogP contribution >= 0.6 is 15.9 Å². The lowest BCUT2D eigenvalue weighted by atomic mass is 10.2. The molecular formula is C17H19BrN4O3. The van der Waals surface area contributed by atoms with Crippen molar-refractivity contribution in [3.05, 3.63) is 46.5 Å². The van der Waals surface area contributed by atoms with Crippen LogP contribution < -0.4 is 15.5 Å². The molecule has 0 radical (unpaired) electrons. The maximum Gasteiger partial charge on any atom is 0.287 e. The molecule has 1 fully saturated rings. The number of carbonyl (C=O) groups excluding carboxylic acids is 2. The van der Waals surface area contributed by atoms with Crippen molar-refractivity contribution in [2.45, 2.75) is 19.4 Å². The molecule has 2 amide bonds. The first-order valence-electron chi connectivity index (χ1n) is 8.12. The molecule has 0 saturated carbocycles. The molecule has 2 aromatic heterocycles. The van der Waals surface area contributed by atoms with E-state index in [2.05, 4.69) is 36.4 Å². The Bertz CT molecular complexity index is 756. The van der Waals surface area contributed by atoms with Gasteiger partial charge in [0.25, 0.3) is 5.91 Å². The molecule has 1 aliphatic heterocycles. The van der Waals surface area contributed by atoms with E-state index in [9.17, 15) is 9.59 Å². The molecular weight excluding hydrogens is 388 g/mol. The summed E-state index contributed by atoms with van der Waals surface area (Å²) in [4.78, 5) is 30.3. The first-order chi connectivity index (χ1) is 12.1. The molecule has 1 saturated heterocycles. The number of nitrogens with zero attached hydrogens (tertiary/aromatic N) is 2. The quantitative estimate of drug-likeness (QED) is 0.766. The van der Waals surface area contributed by atoms with E-state index in [-0.39, 0.29) is 18.2 Å². The van der Waals surface area contributed by atoms with Gasteiger partial charge < -0.3 is 20.0 Å². The Morgan fingerprint density at radius 1 is 1.20 bits per heavy atom. The number of anilines is 1. The molecule has 2 N–H and O–H groups in total. The van der Waals surface area contributed by atoms with Gasteiger partial charge in [0.2, 0.25) is 5.91 Å². The molecule has 2 aromatic rings. The Morgan fingerprint density at radius 2 is 2.00 bits per heavy atom. The van der Waals surface area contributed by atoms with Crippen LogP contribution in [0, 0.1) is 0 Å². The summed E-state index contributed by atoms with van der Waals surface area (Å²) in [5.74, 6) is 0.407. The van der Waals surface area contributed by atoms with E-state index in [1.807, 2.05) is 12.1 Å². The number of nitrogens with one attached hydrogen (secondary N) is 2. The van der Waals surface area contributed by atoms with Crippen LogP contribution in [0.1, 0.15) is 29.0 Å². The average Bonchev–Trinajstić information content (AvgIpc) is 3.30. The molecule has 3 rings (SSSR count). The minimum atomic E-state index is -0.430. The van der Waals surface area contributed by atoms with Crippen LogP contribution in [0.2, 0.25) is 0 Å². The zero-order valence-corrected chi connectivity index (χ0v) is 15.2. The second kappa shape index (κ2) is 8.15. The third-order valence-electron chi connectivity index (χ3n) is 3.94. The molecule has 0 bridgehead atoms. The van der Waals surface area contributed by atoms with Crippen LogP contribution in [0.25, 0.3) is 0 Å². The van der Waals surface area contributed by atoms with E-state index >= 15 is 0 Å². The number of halogens is 1. The topological polar surface area (TPSA) is 87.5 Å². The van der Waals surface area contributed by atoms with Crippen LogP contribution in [0.3, 0.4) is 0 Å². The number of aromatic nitrogens is 1. The molecule has 1 aliphatic rings. The van der Waals surface area contributed by atoms with E-state index in [0.29, 0.717) is 11.2 Å². The predicted octanol–water partition coefficient (Wildman–Crippen LogP) is 2.08. The summed E-state index contributed by atoms with van der Waals surface area (Å²) < 4.78 is 5.60. The van der Waals surface area contributed by atoms with Gasteiger partial charge in [0, 0.05) is 25.8 Å². The van der Waals surface area contributed by atoms with E-state index in [0.717, 1.165) is 24.5 Å². The van der Waals surface area contributed by atoms with Gasteiger partial charge in [-0.25, -0.2) is 4.98 Å². The Balaban J connectivity index is 1.45. The smallest absolute Gasteiger partial charge is 0.287 e. The number of pyridine rings is 1. The highest BCUT2D eigenvalue weighted by molar-refractivity contribution is 9.10. The van der Waals surface area contributed by atoms with Crippen molar-refractivity contribution < 1.29 is 14.0 Å². The monoisotopic (exact) mass is 406 g/mol. The van der Waals surface area contributed by atoms with E-state index < -0.39 is 5.91 Å². The molecule has 0 aliphatic carbocycles. The third-order valence-corrected chi connectivity index (χ3v) is 4.36. The summed E-state index contributed by atoms with van der Waals surface area (Å²) in [6.07, 6.45) is 4.13. The van der Waals surface area contributed by atoms with Crippen LogP contribution in [-0.2, 0) is 11.3 Å². The lowest BCUT2D eigenvalue weighted by Crippen LogP contribution is -2.36. The van der Waals surface area contributed by atoms with Crippen molar-refractivity contribution in [3.63, 3.8) is 0 Å².